The molecule has 1 fully saturated rings. The lowest BCUT2D eigenvalue weighted by atomic mass is 10.0. The Morgan fingerprint density at radius 2 is 2.12 bits per heavy atom. The van der Waals surface area contributed by atoms with Crippen molar-refractivity contribution >= 4 is 11.9 Å². The molecule has 94 valence electrons. The number of rotatable bonds is 4. The smallest absolute Gasteiger partial charge is 0.308 e. The van der Waals surface area contributed by atoms with Gasteiger partial charge in [-0.25, -0.2) is 0 Å². The summed E-state index contributed by atoms with van der Waals surface area (Å²) < 4.78 is 0. The van der Waals surface area contributed by atoms with Crippen molar-refractivity contribution in [2.24, 2.45) is 11.8 Å². The van der Waals surface area contributed by atoms with E-state index in [2.05, 4.69) is 17.5 Å². The van der Waals surface area contributed by atoms with Crippen LogP contribution in [0.15, 0.2) is 12.2 Å². The highest BCUT2D eigenvalue weighted by molar-refractivity contribution is 5.78. The van der Waals surface area contributed by atoms with Crippen molar-refractivity contribution in [3.8, 4) is 0 Å². The zero-order valence-electron chi connectivity index (χ0n) is 9.89. The van der Waals surface area contributed by atoms with Gasteiger partial charge in [0.2, 0.25) is 5.91 Å². The topological polar surface area (TPSA) is 66.4 Å². The van der Waals surface area contributed by atoms with E-state index in [-0.39, 0.29) is 11.9 Å². The van der Waals surface area contributed by atoms with Gasteiger partial charge < -0.3 is 10.4 Å². The van der Waals surface area contributed by atoms with Crippen LogP contribution in [0.1, 0.15) is 38.5 Å². The lowest BCUT2D eigenvalue weighted by Crippen LogP contribution is -2.40. The van der Waals surface area contributed by atoms with Crippen LogP contribution in [0.4, 0.5) is 0 Å². The van der Waals surface area contributed by atoms with Crippen molar-refractivity contribution in [3.05, 3.63) is 12.2 Å². The molecular formula is C13H19NO3. The molecule has 4 heteroatoms. The van der Waals surface area contributed by atoms with E-state index >= 15 is 0 Å². The molecule has 1 unspecified atom stereocenters. The molecule has 2 N–H and O–H groups in total. The molecule has 1 amide bonds. The number of hydrogen-bond acceptors (Lipinski definition) is 2. The van der Waals surface area contributed by atoms with Gasteiger partial charge in [0.25, 0.3) is 0 Å². The Labute approximate surface area is 101 Å². The van der Waals surface area contributed by atoms with Crippen molar-refractivity contribution in [3.63, 3.8) is 0 Å². The molecule has 0 aromatic heterocycles. The fourth-order valence-electron chi connectivity index (χ4n) is 2.80. The zero-order chi connectivity index (χ0) is 12.3. The second kappa shape index (κ2) is 5.34. The lowest BCUT2D eigenvalue weighted by molar-refractivity contribution is -0.142. The maximum absolute atomic E-state index is 11.8. The van der Waals surface area contributed by atoms with Crippen molar-refractivity contribution < 1.29 is 14.7 Å². The monoisotopic (exact) mass is 237 g/mol. The maximum atomic E-state index is 11.8. The first-order valence-corrected chi connectivity index (χ1v) is 6.35. The second-order valence-corrected chi connectivity index (χ2v) is 5.02. The molecule has 0 heterocycles. The highest BCUT2D eigenvalue weighted by Crippen LogP contribution is 2.26. The van der Waals surface area contributed by atoms with Crippen molar-refractivity contribution in [1.29, 1.82) is 0 Å². The van der Waals surface area contributed by atoms with Gasteiger partial charge in [0.1, 0.15) is 0 Å². The summed E-state index contributed by atoms with van der Waals surface area (Å²) in [6.07, 6.45) is 9.16. The third kappa shape index (κ3) is 3.08. The van der Waals surface area contributed by atoms with Crippen LogP contribution in [0.3, 0.4) is 0 Å². The highest BCUT2D eigenvalue weighted by Gasteiger charge is 2.33. The molecule has 17 heavy (non-hydrogen) atoms. The van der Waals surface area contributed by atoms with Gasteiger partial charge in [-0.15, -0.1) is 0 Å². The Kier molecular flexibility index (Phi) is 3.82. The van der Waals surface area contributed by atoms with Gasteiger partial charge in [-0.3, -0.25) is 9.59 Å². The van der Waals surface area contributed by atoms with Crippen molar-refractivity contribution in [2.75, 3.05) is 0 Å². The van der Waals surface area contributed by atoms with E-state index in [1.165, 1.54) is 0 Å². The minimum atomic E-state index is -0.784. The van der Waals surface area contributed by atoms with Crippen molar-refractivity contribution in [1.82, 2.24) is 5.32 Å². The SMILES string of the molecule is O=C(CC1C=CCC1)N[C@H]1CCC[C@H]1C(=O)O. The quantitative estimate of drug-likeness (QED) is 0.731. The average Bonchev–Trinajstić information content (AvgIpc) is 2.88. The normalized spacial score (nSPS) is 31.6. The largest absolute Gasteiger partial charge is 0.481 e. The number of carbonyl (C=O) groups is 2. The van der Waals surface area contributed by atoms with E-state index < -0.39 is 11.9 Å². The predicted octanol–water partition coefficient (Wildman–Crippen LogP) is 1.71. The molecular weight excluding hydrogens is 218 g/mol. The third-order valence-electron chi connectivity index (χ3n) is 3.74. The first-order valence-electron chi connectivity index (χ1n) is 6.35. The molecule has 2 rings (SSSR count). The minimum absolute atomic E-state index is 0.000278. The number of aliphatic carboxylic acids is 1. The molecule has 0 radical (unpaired) electrons. The number of hydrogen-bond donors (Lipinski definition) is 2. The molecule has 0 aromatic carbocycles. The maximum Gasteiger partial charge on any atom is 0.308 e. The summed E-state index contributed by atoms with van der Waals surface area (Å²) in [5, 5.41) is 11.9. The summed E-state index contributed by atoms with van der Waals surface area (Å²) in [5.41, 5.74) is 0. The van der Waals surface area contributed by atoms with Crippen molar-refractivity contribution in [2.45, 2.75) is 44.6 Å². The molecule has 2 aliphatic carbocycles. The van der Waals surface area contributed by atoms with Gasteiger partial charge in [0.15, 0.2) is 0 Å². The summed E-state index contributed by atoms with van der Waals surface area (Å²) in [6, 6.07) is -0.162. The summed E-state index contributed by atoms with van der Waals surface area (Å²) in [7, 11) is 0. The number of carboxylic acid groups (broad SMARTS) is 1. The first-order chi connectivity index (χ1) is 8.16. The van der Waals surface area contributed by atoms with E-state index in [0.29, 0.717) is 18.8 Å². The summed E-state index contributed by atoms with van der Waals surface area (Å²) >= 11 is 0. The van der Waals surface area contributed by atoms with Crippen LogP contribution in [0.25, 0.3) is 0 Å². The number of carbonyl (C=O) groups excluding carboxylic acids is 1. The van der Waals surface area contributed by atoms with Gasteiger partial charge in [0, 0.05) is 12.5 Å². The van der Waals surface area contributed by atoms with Crippen LogP contribution in [0, 0.1) is 11.8 Å². The van der Waals surface area contributed by atoms with Crippen LogP contribution >= 0.6 is 0 Å². The Bertz CT molecular complexity index is 338. The predicted molar refractivity (Wildman–Crippen MR) is 63.4 cm³/mol. The van der Waals surface area contributed by atoms with E-state index in [0.717, 1.165) is 25.7 Å². The summed E-state index contributed by atoms with van der Waals surface area (Å²) in [5.74, 6) is -0.828. The average molecular weight is 237 g/mol. The van der Waals surface area contributed by atoms with E-state index in [1.54, 1.807) is 0 Å². The third-order valence-corrected chi connectivity index (χ3v) is 3.74. The van der Waals surface area contributed by atoms with Crippen LogP contribution in [0.2, 0.25) is 0 Å². The van der Waals surface area contributed by atoms with Gasteiger partial charge in [0.05, 0.1) is 5.92 Å². The molecule has 0 spiro atoms. The number of amides is 1. The fourth-order valence-corrected chi connectivity index (χ4v) is 2.80. The Morgan fingerprint density at radius 1 is 1.29 bits per heavy atom. The summed E-state index contributed by atoms with van der Waals surface area (Å²) in [4.78, 5) is 22.8. The molecule has 0 aromatic rings. The molecule has 0 aliphatic heterocycles. The fraction of sp³-hybridized carbons (Fsp3) is 0.692. The standard InChI is InChI=1S/C13H19NO3/c15-12(8-9-4-1-2-5-9)14-11-7-3-6-10(11)13(16)17/h1,4,9-11H,2-3,5-8H2,(H,14,15)(H,16,17)/t9?,10-,11+/m1/s1. The van der Waals surface area contributed by atoms with E-state index in [4.69, 9.17) is 5.11 Å². The van der Waals surface area contributed by atoms with Gasteiger partial charge in [-0.2, -0.15) is 0 Å². The minimum Gasteiger partial charge on any atom is -0.481 e. The highest BCUT2D eigenvalue weighted by atomic mass is 16.4. The van der Waals surface area contributed by atoms with Crippen LogP contribution in [0.5, 0.6) is 0 Å². The lowest BCUT2D eigenvalue weighted by Gasteiger charge is -2.18. The number of carboxylic acids is 1. The first kappa shape index (κ1) is 12.1. The number of allylic oxidation sites excluding steroid dienone is 2. The Hall–Kier alpha value is -1.32. The van der Waals surface area contributed by atoms with Gasteiger partial charge in [-0.05, 0) is 31.6 Å². The van der Waals surface area contributed by atoms with E-state index in [1.807, 2.05) is 0 Å². The molecule has 4 nitrogen and oxygen atoms in total. The molecule has 3 atom stereocenters. The van der Waals surface area contributed by atoms with E-state index in [9.17, 15) is 9.59 Å². The second-order valence-electron chi connectivity index (χ2n) is 5.02. The molecule has 2 aliphatic rings. The Morgan fingerprint density at radius 3 is 2.76 bits per heavy atom. The zero-order valence-corrected chi connectivity index (χ0v) is 9.89. The summed E-state index contributed by atoms with van der Waals surface area (Å²) in [6.45, 7) is 0. The van der Waals surface area contributed by atoms with Gasteiger partial charge >= 0.3 is 5.97 Å². The molecule has 1 saturated carbocycles. The Balaban J connectivity index is 1.81. The number of nitrogens with one attached hydrogen (secondary N) is 1. The van der Waals surface area contributed by atoms with Gasteiger partial charge in [-0.1, -0.05) is 18.6 Å². The molecule has 0 saturated heterocycles. The molecule has 0 bridgehead atoms. The van der Waals surface area contributed by atoms with Crippen LogP contribution in [-0.4, -0.2) is 23.0 Å². The van der Waals surface area contributed by atoms with Crippen LogP contribution < -0.4 is 5.32 Å². The van der Waals surface area contributed by atoms with Crippen LogP contribution in [-0.2, 0) is 9.59 Å².